The molecule has 0 aliphatic heterocycles. The summed E-state index contributed by atoms with van der Waals surface area (Å²) >= 11 is 0. The highest BCUT2D eigenvalue weighted by Crippen LogP contribution is 1.94. The lowest BCUT2D eigenvalue weighted by Gasteiger charge is -2.06. The van der Waals surface area contributed by atoms with Crippen LogP contribution in [0.25, 0.3) is 0 Å². The topological polar surface area (TPSA) is 55.5 Å². The van der Waals surface area contributed by atoms with E-state index in [0.29, 0.717) is 13.2 Å². The van der Waals surface area contributed by atoms with Crippen molar-refractivity contribution in [2.45, 2.75) is 18.9 Å². The van der Waals surface area contributed by atoms with Gasteiger partial charge in [0.2, 0.25) is 0 Å². The van der Waals surface area contributed by atoms with Crippen LogP contribution in [0.1, 0.15) is 12.8 Å². The Morgan fingerprint density at radius 1 is 1.67 bits per heavy atom. The molecular weight excluding hydrogens is 118 g/mol. The molecule has 0 aliphatic carbocycles. The van der Waals surface area contributed by atoms with E-state index in [-0.39, 0.29) is 6.10 Å². The molecule has 1 unspecified atom stereocenters. The highest BCUT2D eigenvalue weighted by atomic mass is 16.5. The van der Waals surface area contributed by atoms with Crippen molar-refractivity contribution in [3.8, 4) is 0 Å². The van der Waals surface area contributed by atoms with E-state index >= 15 is 0 Å². The van der Waals surface area contributed by atoms with Crippen LogP contribution in [-0.4, -0.2) is 31.5 Å². The molecular formula is C6H15NO2. The van der Waals surface area contributed by atoms with Crippen LogP contribution in [0.5, 0.6) is 0 Å². The van der Waals surface area contributed by atoms with Crippen molar-refractivity contribution in [1.82, 2.24) is 0 Å². The number of aliphatic hydroxyl groups excluding tert-OH is 1. The summed E-state index contributed by atoms with van der Waals surface area (Å²) in [5.74, 6) is 0. The van der Waals surface area contributed by atoms with Gasteiger partial charge in [0.05, 0.1) is 12.7 Å². The van der Waals surface area contributed by atoms with Gasteiger partial charge in [0.15, 0.2) is 0 Å². The zero-order valence-electron chi connectivity index (χ0n) is 5.84. The van der Waals surface area contributed by atoms with Crippen molar-refractivity contribution in [2.75, 3.05) is 20.3 Å². The van der Waals surface area contributed by atoms with E-state index in [1.54, 1.807) is 7.11 Å². The van der Waals surface area contributed by atoms with Crippen molar-refractivity contribution in [2.24, 2.45) is 5.73 Å². The molecule has 0 amide bonds. The van der Waals surface area contributed by atoms with Crippen molar-refractivity contribution in [3.63, 3.8) is 0 Å². The molecule has 0 spiro atoms. The first-order valence-electron chi connectivity index (χ1n) is 3.18. The third-order valence-corrected chi connectivity index (χ3v) is 1.10. The molecule has 3 heteroatoms. The second-order valence-corrected chi connectivity index (χ2v) is 2.04. The Morgan fingerprint density at radius 3 is 2.78 bits per heavy atom. The van der Waals surface area contributed by atoms with Crippen LogP contribution in [0, 0.1) is 0 Å². The molecule has 0 fully saturated rings. The van der Waals surface area contributed by atoms with Crippen LogP contribution in [0.2, 0.25) is 0 Å². The average molecular weight is 133 g/mol. The lowest BCUT2D eigenvalue weighted by atomic mass is 10.2. The number of hydrogen-bond donors (Lipinski definition) is 2. The fourth-order valence-corrected chi connectivity index (χ4v) is 0.629. The predicted octanol–water partition coefficient (Wildman–Crippen LogP) is -0.267. The molecule has 9 heavy (non-hydrogen) atoms. The van der Waals surface area contributed by atoms with E-state index in [2.05, 4.69) is 0 Å². The minimum absolute atomic E-state index is 0.335. The summed E-state index contributed by atoms with van der Waals surface area (Å²) in [6, 6.07) is 0. The van der Waals surface area contributed by atoms with Gasteiger partial charge in [-0.15, -0.1) is 0 Å². The van der Waals surface area contributed by atoms with Gasteiger partial charge in [-0.05, 0) is 19.4 Å². The van der Waals surface area contributed by atoms with Crippen LogP contribution in [0.3, 0.4) is 0 Å². The van der Waals surface area contributed by atoms with Gasteiger partial charge >= 0.3 is 0 Å². The Kier molecular flexibility index (Phi) is 5.93. The number of ether oxygens (including phenoxy) is 1. The van der Waals surface area contributed by atoms with Gasteiger partial charge < -0.3 is 15.6 Å². The van der Waals surface area contributed by atoms with Crippen molar-refractivity contribution in [1.29, 1.82) is 0 Å². The summed E-state index contributed by atoms with van der Waals surface area (Å²) in [5, 5.41) is 9.00. The van der Waals surface area contributed by atoms with Crippen molar-refractivity contribution < 1.29 is 9.84 Å². The van der Waals surface area contributed by atoms with Crippen LogP contribution in [-0.2, 0) is 4.74 Å². The van der Waals surface area contributed by atoms with E-state index in [1.807, 2.05) is 0 Å². The second-order valence-electron chi connectivity index (χ2n) is 2.04. The van der Waals surface area contributed by atoms with Gasteiger partial charge in [0.25, 0.3) is 0 Å². The lowest BCUT2D eigenvalue weighted by molar-refractivity contribution is 0.0584. The number of aliphatic hydroxyl groups is 1. The second kappa shape index (κ2) is 6.01. The van der Waals surface area contributed by atoms with Gasteiger partial charge in [-0.3, -0.25) is 0 Å². The summed E-state index contributed by atoms with van der Waals surface area (Å²) in [7, 11) is 1.58. The van der Waals surface area contributed by atoms with Crippen LogP contribution >= 0.6 is 0 Å². The molecule has 56 valence electrons. The van der Waals surface area contributed by atoms with Crippen LogP contribution in [0.15, 0.2) is 0 Å². The fourth-order valence-electron chi connectivity index (χ4n) is 0.629. The molecule has 3 nitrogen and oxygen atoms in total. The van der Waals surface area contributed by atoms with E-state index in [1.165, 1.54) is 0 Å². The summed E-state index contributed by atoms with van der Waals surface area (Å²) < 4.78 is 4.71. The Hall–Kier alpha value is -0.120. The maximum absolute atomic E-state index is 9.00. The molecule has 0 rings (SSSR count). The number of hydrogen-bond acceptors (Lipinski definition) is 3. The highest BCUT2D eigenvalue weighted by Gasteiger charge is 2.00. The monoisotopic (exact) mass is 133 g/mol. The van der Waals surface area contributed by atoms with Crippen molar-refractivity contribution in [3.05, 3.63) is 0 Å². The van der Waals surface area contributed by atoms with E-state index < -0.39 is 0 Å². The summed E-state index contributed by atoms with van der Waals surface area (Å²) in [4.78, 5) is 0. The fraction of sp³-hybridized carbons (Fsp3) is 1.00. The van der Waals surface area contributed by atoms with Crippen LogP contribution in [0.4, 0.5) is 0 Å². The average Bonchev–Trinajstić information content (AvgIpc) is 1.85. The lowest BCUT2D eigenvalue weighted by Crippen LogP contribution is -2.15. The molecule has 0 heterocycles. The zero-order chi connectivity index (χ0) is 7.11. The van der Waals surface area contributed by atoms with E-state index in [0.717, 1.165) is 12.8 Å². The van der Waals surface area contributed by atoms with Crippen LogP contribution < -0.4 is 5.73 Å². The van der Waals surface area contributed by atoms with Crippen molar-refractivity contribution >= 4 is 0 Å². The maximum atomic E-state index is 9.00. The summed E-state index contributed by atoms with van der Waals surface area (Å²) in [6.45, 7) is 1.06. The Balaban J connectivity index is 2.95. The van der Waals surface area contributed by atoms with E-state index in [9.17, 15) is 0 Å². The Bertz CT molecular complexity index is 59.0. The minimum Gasteiger partial charge on any atom is -0.391 e. The quantitative estimate of drug-likeness (QED) is 0.543. The highest BCUT2D eigenvalue weighted by molar-refractivity contribution is 4.52. The number of methoxy groups -OCH3 is 1. The first kappa shape index (κ1) is 8.88. The molecule has 0 aromatic carbocycles. The summed E-state index contributed by atoms with van der Waals surface area (Å²) in [5.41, 5.74) is 5.22. The van der Waals surface area contributed by atoms with E-state index in [4.69, 9.17) is 15.6 Å². The third-order valence-electron chi connectivity index (χ3n) is 1.10. The van der Waals surface area contributed by atoms with Gasteiger partial charge in [-0.25, -0.2) is 0 Å². The van der Waals surface area contributed by atoms with Gasteiger partial charge in [0.1, 0.15) is 0 Å². The Labute approximate surface area is 55.8 Å². The summed E-state index contributed by atoms with van der Waals surface area (Å²) in [6.07, 6.45) is 1.27. The standard InChI is InChI=1S/C6H15NO2/c1-9-5-6(8)3-2-4-7/h6,8H,2-5,7H2,1H3. The first-order valence-corrected chi connectivity index (χ1v) is 3.18. The Morgan fingerprint density at radius 2 is 2.33 bits per heavy atom. The number of rotatable bonds is 5. The molecule has 0 saturated heterocycles. The molecule has 0 radical (unpaired) electrons. The third kappa shape index (κ3) is 5.76. The molecule has 0 bridgehead atoms. The SMILES string of the molecule is COCC(O)CCCN. The largest absolute Gasteiger partial charge is 0.391 e. The molecule has 1 atom stereocenters. The molecule has 3 N–H and O–H groups in total. The van der Waals surface area contributed by atoms with Gasteiger partial charge in [-0.1, -0.05) is 0 Å². The van der Waals surface area contributed by atoms with Gasteiger partial charge in [0, 0.05) is 7.11 Å². The zero-order valence-corrected chi connectivity index (χ0v) is 5.84. The molecule has 0 aromatic rings. The molecule has 0 saturated carbocycles. The normalized spacial score (nSPS) is 13.7. The molecule has 0 aromatic heterocycles. The number of nitrogens with two attached hydrogens (primary N) is 1. The smallest absolute Gasteiger partial charge is 0.0774 e. The molecule has 0 aliphatic rings. The minimum atomic E-state index is -0.335. The van der Waals surface area contributed by atoms with Gasteiger partial charge in [-0.2, -0.15) is 0 Å². The predicted molar refractivity (Wildman–Crippen MR) is 36.2 cm³/mol. The maximum Gasteiger partial charge on any atom is 0.0774 e. The first-order chi connectivity index (χ1) is 4.31.